The Kier molecular flexibility index (Phi) is 6.21. The van der Waals surface area contributed by atoms with Crippen molar-refractivity contribution >= 4 is 11.9 Å². The molecule has 0 bridgehead atoms. The van der Waals surface area contributed by atoms with Crippen molar-refractivity contribution < 1.29 is 32.6 Å². The van der Waals surface area contributed by atoms with Gasteiger partial charge in [-0.25, -0.2) is 0 Å². The second-order valence-electron chi connectivity index (χ2n) is 4.61. The maximum absolute atomic E-state index is 12.0. The first-order valence-corrected chi connectivity index (χ1v) is 6.59. The van der Waals surface area contributed by atoms with Gasteiger partial charge in [-0.3, -0.25) is 9.59 Å². The van der Waals surface area contributed by atoms with E-state index in [0.717, 1.165) is 12.1 Å². The molecule has 0 fully saturated rings. The Bertz CT molecular complexity index is 514. The van der Waals surface area contributed by atoms with Crippen LogP contribution in [0.1, 0.15) is 30.1 Å². The zero-order valence-electron chi connectivity index (χ0n) is 11.8. The van der Waals surface area contributed by atoms with Crippen LogP contribution in [0.25, 0.3) is 0 Å². The number of ether oxygens (including phenoxy) is 1. The molecule has 122 valence electrons. The van der Waals surface area contributed by atoms with Gasteiger partial charge in [0.2, 0.25) is 0 Å². The largest absolute Gasteiger partial charge is 0.573 e. The van der Waals surface area contributed by atoms with E-state index in [0.29, 0.717) is 12.8 Å². The topological polar surface area (TPSA) is 75.6 Å². The summed E-state index contributed by atoms with van der Waals surface area (Å²) in [7, 11) is 0. The first-order valence-electron chi connectivity index (χ1n) is 6.59. The molecule has 5 nitrogen and oxygen atoms in total. The second-order valence-corrected chi connectivity index (χ2v) is 4.61. The summed E-state index contributed by atoms with van der Waals surface area (Å²) in [6, 6.07) is 4.38. The zero-order valence-corrected chi connectivity index (χ0v) is 11.8. The fraction of sp³-hybridized carbons (Fsp3) is 0.429. The van der Waals surface area contributed by atoms with Crippen LogP contribution in [0.2, 0.25) is 0 Å². The van der Waals surface area contributed by atoms with Gasteiger partial charge in [-0.1, -0.05) is 13.3 Å². The third-order valence-corrected chi connectivity index (χ3v) is 2.85. The highest BCUT2D eigenvalue weighted by molar-refractivity contribution is 5.94. The molecular formula is C14H16F3NO4. The number of hydrogen-bond donors (Lipinski definition) is 2. The van der Waals surface area contributed by atoms with E-state index in [1.165, 1.54) is 12.1 Å². The normalized spacial score (nSPS) is 12.5. The number of amides is 1. The van der Waals surface area contributed by atoms with Crippen molar-refractivity contribution in [3.63, 3.8) is 0 Å². The van der Waals surface area contributed by atoms with E-state index in [9.17, 15) is 22.8 Å². The van der Waals surface area contributed by atoms with E-state index in [1.54, 1.807) is 0 Å². The number of hydrogen-bond acceptors (Lipinski definition) is 3. The molecule has 0 radical (unpaired) electrons. The summed E-state index contributed by atoms with van der Waals surface area (Å²) in [5.41, 5.74) is 0.121. The van der Waals surface area contributed by atoms with Gasteiger partial charge in [0, 0.05) is 12.1 Å². The number of nitrogens with one attached hydrogen (secondary N) is 1. The van der Waals surface area contributed by atoms with Gasteiger partial charge in [-0.15, -0.1) is 13.2 Å². The average molecular weight is 319 g/mol. The van der Waals surface area contributed by atoms with Gasteiger partial charge in [0.15, 0.2) is 0 Å². The minimum atomic E-state index is -4.79. The van der Waals surface area contributed by atoms with Crippen LogP contribution in [0, 0.1) is 5.92 Å². The molecule has 0 spiro atoms. The third kappa shape index (κ3) is 6.02. The van der Waals surface area contributed by atoms with Crippen LogP contribution in [0.15, 0.2) is 24.3 Å². The highest BCUT2D eigenvalue weighted by atomic mass is 19.4. The number of carboxylic acid groups (broad SMARTS) is 1. The molecule has 1 amide bonds. The minimum Gasteiger partial charge on any atom is -0.481 e. The predicted octanol–water partition coefficient (Wildman–Crippen LogP) is 2.82. The van der Waals surface area contributed by atoms with E-state index in [-0.39, 0.29) is 12.1 Å². The summed E-state index contributed by atoms with van der Waals surface area (Å²) in [5, 5.41) is 11.4. The molecule has 0 heterocycles. The highest BCUT2D eigenvalue weighted by Crippen LogP contribution is 2.22. The van der Waals surface area contributed by atoms with Crippen molar-refractivity contribution in [2.24, 2.45) is 5.92 Å². The molecule has 0 saturated carbocycles. The van der Waals surface area contributed by atoms with Crippen LogP contribution in [0.4, 0.5) is 13.2 Å². The van der Waals surface area contributed by atoms with Gasteiger partial charge in [-0.2, -0.15) is 0 Å². The van der Waals surface area contributed by atoms with Crippen molar-refractivity contribution in [2.45, 2.75) is 26.1 Å². The van der Waals surface area contributed by atoms with Gasteiger partial charge in [0.1, 0.15) is 5.75 Å². The minimum absolute atomic E-state index is 0.0389. The standard InChI is InChI=1S/C14H16F3NO4/c1-2-3-10(13(20)21)8-18-12(19)9-4-6-11(7-5-9)22-14(15,16)17/h4-7,10H,2-3,8H2,1H3,(H,18,19)(H,20,21). The number of aliphatic carboxylic acids is 1. The summed E-state index contributed by atoms with van der Waals surface area (Å²) in [4.78, 5) is 22.7. The van der Waals surface area contributed by atoms with Gasteiger partial charge in [0.05, 0.1) is 5.92 Å². The van der Waals surface area contributed by atoms with Crippen LogP contribution < -0.4 is 10.1 Å². The Balaban J connectivity index is 2.60. The van der Waals surface area contributed by atoms with Crippen molar-refractivity contribution in [2.75, 3.05) is 6.54 Å². The maximum Gasteiger partial charge on any atom is 0.573 e. The molecular weight excluding hydrogens is 303 g/mol. The fourth-order valence-corrected chi connectivity index (χ4v) is 1.79. The van der Waals surface area contributed by atoms with Crippen LogP contribution in [-0.2, 0) is 4.79 Å². The lowest BCUT2D eigenvalue weighted by Crippen LogP contribution is -2.32. The predicted molar refractivity (Wildman–Crippen MR) is 71.5 cm³/mol. The van der Waals surface area contributed by atoms with Crippen molar-refractivity contribution in [1.29, 1.82) is 0 Å². The molecule has 1 rings (SSSR count). The van der Waals surface area contributed by atoms with Crippen molar-refractivity contribution in [3.8, 4) is 5.75 Å². The van der Waals surface area contributed by atoms with E-state index in [2.05, 4.69) is 10.1 Å². The average Bonchev–Trinajstić information content (AvgIpc) is 2.41. The van der Waals surface area contributed by atoms with E-state index in [4.69, 9.17) is 5.11 Å². The molecule has 0 aliphatic carbocycles. The number of carboxylic acids is 1. The van der Waals surface area contributed by atoms with Crippen LogP contribution in [0.5, 0.6) is 5.75 Å². The Morgan fingerprint density at radius 1 is 1.27 bits per heavy atom. The third-order valence-electron chi connectivity index (χ3n) is 2.85. The van der Waals surface area contributed by atoms with Crippen LogP contribution >= 0.6 is 0 Å². The Hall–Kier alpha value is -2.25. The quantitative estimate of drug-likeness (QED) is 0.810. The lowest BCUT2D eigenvalue weighted by molar-refractivity contribution is -0.274. The molecule has 2 N–H and O–H groups in total. The van der Waals surface area contributed by atoms with Crippen molar-refractivity contribution in [1.82, 2.24) is 5.32 Å². The van der Waals surface area contributed by atoms with E-state index >= 15 is 0 Å². The van der Waals surface area contributed by atoms with E-state index in [1.807, 2.05) is 6.92 Å². The smallest absolute Gasteiger partial charge is 0.481 e. The number of rotatable bonds is 7. The molecule has 0 aliphatic heterocycles. The summed E-state index contributed by atoms with van der Waals surface area (Å²) in [6.07, 6.45) is -3.71. The number of benzene rings is 1. The summed E-state index contributed by atoms with van der Waals surface area (Å²) in [5.74, 6) is -2.68. The molecule has 1 aromatic carbocycles. The van der Waals surface area contributed by atoms with Crippen LogP contribution in [-0.4, -0.2) is 29.9 Å². The summed E-state index contributed by atoms with van der Waals surface area (Å²) in [6.45, 7) is 1.79. The first kappa shape index (κ1) is 17.8. The summed E-state index contributed by atoms with van der Waals surface area (Å²) >= 11 is 0. The molecule has 1 aromatic rings. The SMILES string of the molecule is CCCC(CNC(=O)c1ccc(OC(F)(F)F)cc1)C(=O)O. The van der Waals surface area contributed by atoms with Gasteiger partial charge in [-0.05, 0) is 30.7 Å². The molecule has 22 heavy (non-hydrogen) atoms. The van der Waals surface area contributed by atoms with Gasteiger partial charge in [0.25, 0.3) is 5.91 Å². The Morgan fingerprint density at radius 2 is 1.86 bits per heavy atom. The second kappa shape index (κ2) is 7.67. The number of carbonyl (C=O) groups excluding carboxylic acids is 1. The Labute approximate surface area is 125 Å². The number of carbonyl (C=O) groups is 2. The van der Waals surface area contributed by atoms with Gasteiger partial charge < -0.3 is 15.2 Å². The molecule has 1 unspecified atom stereocenters. The van der Waals surface area contributed by atoms with Crippen molar-refractivity contribution in [3.05, 3.63) is 29.8 Å². The lowest BCUT2D eigenvalue weighted by Gasteiger charge is -2.13. The molecule has 0 aliphatic rings. The van der Waals surface area contributed by atoms with Gasteiger partial charge >= 0.3 is 12.3 Å². The lowest BCUT2D eigenvalue weighted by atomic mass is 10.0. The maximum atomic E-state index is 12.0. The molecule has 0 aromatic heterocycles. The zero-order chi connectivity index (χ0) is 16.8. The monoisotopic (exact) mass is 319 g/mol. The molecule has 0 saturated heterocycles. The Morgan fingerprint density at radius 3 is 2.32 bits per heavy atom. The van der Waals surface area contributed by atoms with E-state index < -0.39 is 29.9 Å². The fourth-order valence-electron chi connectivity index (χ4n) is 1.79. The number of halogens is 3. The molecule has 1 atom stereocenters. The van der Waals surface area contributed by atoms with Crippen LogP contribution in [0.3, 0.4) is 0 Å². The highest BCUT2D eigenvalue weighted by Gasteiger charge is 2.31. The first-order chi connectivity index (χ1) is 10.2. The summed E-state index contributed by atoms with van der Waals surface area (Å²) < 4.78 is 39.7. The molecule has 8 heteroatoms. The number of alkyl halides is 3.